The summed E-state index contributed by atoms with van der Waals surface area (Å²) >= 11 is 0. The predicted octanol–water partition coefficient (Wildman–Crippen LogP) is 4.18. The van der Waals surface area contributed by atoms with Gasteiger partial charge in [-0.05, 0) is 98.9 Å². The van der Waals surface area contributed by atoms with Gasteiger partial charge in [0.15, 0.2) is 11.5 Å². The second kappa shape index (κ2) is 12.0. The number of rotatable bonds is 9. The Kier molecular flexibility index (Phi) is 7.70. The van der Waals surface area contributed by atoms with Gasteiger partial charge in [-0.2, -0.15) is 5.10 Å². The number of fused-ring (bicyclic) bond motifs is 2. The molecule has 3 heterocycles. The average Bonchev–Trinajstić information content (AvgIpc) is 3.71. The van der Waals surface area contributed by atoms with Crippen LogP contribution in [0.4, 0.5) is 5.69 Å². The molecule has 2 aromatic carbocycles. The summed E-state index contributed by atoms with van der Waals surface area (Å²) < 4.78 is 1.86. The number of carbonyl (C=O) groups excluding carboxylic acids is 2. The first-order chi connectivity index (χ1) is 21.8. The van der Waals surface area contributed by atoms with E-state index >= 15 is 0 Å². The highest BCUT2D eigenvalue weighted by Gasteiger charge is 2.30. The molecule has 45 heavy (non-hydrogen) atoms. The summed E-state index contributed by atoms with van der Waals surface area (Å²) in [5, 5.41) is 10.7. The maximum atomic E-state index is 13.6. The van der Waals surface area contributed by atoms with E-state index in [1.165, 1.54) is 0 Å². The van der Waals surface area contributed by atoms with Crippen LogP contribution in [0.2, 0.25) is 0 Å². The first-order valence-electron chi connectivity index (χ1n) is 15.8. The number of pyridine rings is 1. The number of H-pyrrole nitrogens is 2. The molecule has 2 aliphatic rings. The van der Waals surface area contributed by atoms with E-state index < -0.39 is 6.04 Å². The van der Waals surface area contributed by atoms with Crippen LogP contribution in [0.25, 0.3) is 27.8 Å². The molecule has 2 fully saturated rings. The van der Waals surface area contributed by atoms with Gasteiger partial charge >= 0.3 is 5.69 Å². The third kappa shape index (κ3) is 6.26. The number of nitrogens with two attached hydrogens (primary N) is 1. The van der Waals surface area contributed by atoms with Crippen molar-refractivity contribution in [3.05, 3.63) is 82.2 Å². The normalized spacial score (nSPS) is 19.1. The summed E-state index contributed by atoms with van der Waals surface area (Å²) in [5.41, 5.74) is 12.3. The van der Waals surface area contributed by atoms with Crippen LogP contribution in [0, 0.1) is 18.8 Å². The molecule has 2 aliphatic carbocycles. The minimum absolute atomic E-state index is 0.102. The molecule has 0 radical (unpaired) electrons. The van der Waals surface area contributed by atoms with E-state index in [2.05, 4.69) is 33.6 Å². The summed E-state index contributed by atoms with van der Waals surface area (Å²) in [6.45, 7) is 2.71. The van der Waals surface area contributed by atoms with Crippen LogP contribution in [-0.2, 0) is 16.0 Å². The zero-order valence-electron chi connectivity index (χ0n) is 25.3. The highest BCUT2D eigenvalue weighted by atomic mass is 16.2. The number of hydrogen-bond acceptors (Lipinski definition) is 6. The summed E-state index contributed by atoms with van der Waals surface area (Å²) in [7, 11) is 0. The number of carbonyl (C=O) groups is 2. The van der Waals surface area contributed by atoms with Gasteiger partial charge in [-0.1, -0.05) is 24.3 Å². The van der Waals surface area contributed by atoms with Crippen LogP contribution in [0.15, 0.2) is 59.5 Å². The van der Waals surface area contributed by atoms with Crippen molar-refractivity contribution in [2.75, 3.05) is 11.9 Å². The zero-order valence-corrected chi connectivity index (χ0v) is 25.3. The Labute approximate surface area is 260 Å². The molecule has 3 aromatic heterocycles. The lowest BCUT2D eigenvalue weighted by Gasteiger charge is -2.28. The average molecular weight is 607 g/mol. The standard InChI is InChI=1S/C34H38N8O3/c1-19-14-30-40-31(23-10-11-23)41-42(30)18-26(19)22-6-2-20(3-7-22)15-29(37-32(43)24-8-4-21(17-35)5-9-24)33(44)36-25-12-13-27-28(16-25)39-34(45)38-27/h2-3,6-7,12-14,16,18,21,23-24,29H,4-5,8-11,15,17,35H2,1H3,(H,36,44)(H,37,43)(H2,38,39,45)/t21-,24-,29-/m0/s1. The number of nitrogens with zero attached hydrogens (tertiary/aromatic N) is 3. The van der Waals surface area contributed by atoms with Gasteiger partial charge in [-0.3, -0.25) is 9.59 Å². The molecule has 0 aliphatic heterocycles. The van der Waals surface area contributed by atoms with E-state index in [0.717, 1.165) is 72.3 Å². The molecule has 0 spiro atoms. The molecule has 0 bridgehead atoms. The Morgan fingerprint density at radius 1 is 1.00 bits per heavy atom. The van der Waals surface area contributed by atoms with Crippen molar-refractivity contribution in [2.45, 2.75) is 63.8 Å². The molecule has 11 nitrogen and oxygen atoms in total. The highest BCUT2D eigenvalue weighted by Crippen LogP contribution is 2.38. The van der Waals surface area contributed by atoms with Crippen molar-refractivity contribution < 1.29 is 9.59 Å². The minimum atomic E-state index is -0.786. The first kappa shape index (κ1) is 29.0. The largest absolute Gasteiger partial charge is 0.344 e. The van der Waals surface area contributed by atoms with Gasteiger partial charge in [-0.15, -0.1) is 0 Å². The van der Waals surface area contributed by atoms with E-state index in [4.69, 9.17) is 15.8 Å². The van der Waals surface area contributed by atoms with E-state index in [1.807, 2.05) is 35.0 Å². The molecule has 6 N–H and O–H groups in total. The number of amides is 2. The molecule has 0 unspecified atom stereocenters. The third-order valence-corrected chi connectivity index (χ3v) is 9.31. The van der Waals surface area contributed by atoms with Crippen LogP contribution in [0.1, 0.15) is 61.4 Å². The predicted molar refractivity (Wildman–Crippen MR) is 173 cm³/mol. The van der Waals surface area contributed by atoms with Gasteiger partial charge < -0.3 is 26.3 Å². The molecule has 2 amide bonds. The number of benzene rings is 2. The lowest BCUT2D eigenvalue weighted by atomic mass is 9.81. The number of aromatic nitrogens is 5. The lowest BCUT2D eigenvalue weighted by Crippen LogP contribution is -2.48. The number of aromatic amines is 2. The molecule has 7 rings (SSSR count). The topological polar surface area (TPSA) is 163 Å². The summed E-state index contributed by atoms with van der Waals surface area (Å²) in [6, 6.07) is 14.5. The molecule has 5 aromatic rings. The number of aryl methyl sites for hydroxylation is 1. The van der Waals surface area contributed by atoms with Crippen molar-refractivity contribution in [3.63, 3.8) is 0 Å². The van der Waals surface area contributed by atoms with Gasteiger partial charge in [0.25, 0.3) is 0 Å². The molecule has 2 saturated carbocycles. The quantitative estimate of drug-likeness (QED) is 0.169. The molecular formula is C34H38N8O3. The van der Waals surface area contributed by atoms with Crippen molar-refractivity contribution in [1.29, 1.82) is 0 Å². The third-order valence-electron chi connectivity index (χ3n) is 9.31. The van der Waals surface area contributed by atoms with E-state index in [0.29, 0.717) is 41.5 Å². The zero-order chi connectivity index (χ0) is 31.1. The van der Waals surface area contributed by atoms with Crippen LogP contribution in [0.3, 0.4) is 0 Å². The molecule has 0 saturated heterocycles. The molecule has 1 atom stereocenters. The maximum absolute atomic E-state index is 13.6. The van der Waals surface area contributed by atoms with E-state index in [-0.39, 0.29) is 23.4 Å². The van der Waals surface area contributed by atoms with E-state index in [9.17, 15) is 14.4 Å². The van der Waals surface area contributed by atoms with Gasteiger partial charge in [-0.25, -0.2) is 14.3 Å². The van der Waals surface area contributed by atoms with Crippen LogP contribution in [0.5, 0.6) is 0 Å². The Morgan fingerprint density at radius 2 is 1.76 bits per heavy atom. The second-order valence-electron chi connectivity index (χ2n) is 12.7. The Morgan fingerprint density at radius 3 is 2.49 bits per heavy atom. The van der Waals surface area contributed by atoms with Crippen molar-refractivity contribution >= 4 is 34.2 Å². The number of imidazole rings is 1. The smallest absolute Gasteiger partial charge is 0.323 e. The minimum Gasteiger partial charge on any atom is -0.344 e. The fraction of sp³-hybridized carbons (Fsp3) is 0.382. The second-order valence-corrected chi connectivity index (χ2v) is 12.7. The van der Waals surface area contributed by atoms with E-state index in [1.54, 1.807) is 18.2 Å². The number of nitrogens with one attached hydrogen (secondary N) is 4. The monoisotopic (exact) mass is 606 g/mol. The van der Waals surface area contributed by atoms with Crippen molar-refractivity contribution in [1.82, 2.24) is 29.9 Å². The molecular weight excluding hydrogens is 568 g/mol. The summed E-state index contributed by atoms with van der Waals surface area (Å²) in [6.07, 6.45) is 8.04. The SMILES string of the molecule is Cc1cc2nc(C3CC3)nn2cc1-c1ccc(C[C@H](NC(=O)[C@H]2CC[C@H](CN)CC2)C(=O)Nc2ccc3[nH]c(=O)[nH]c3c2)cc1. The molecule has 232 valence electrons. The van der Waals surface area contributed by atoms with Crippen LogP contribution < -0.4 is 22.1 Å². The van der Waals surface area contributed by atoms with Gasteiger partial charge in [0.05, 0.1) is 11.0 Å². The Bertz CT molecular complexity index is 1930. The van der Waals surface area contributed by atoms with Crippen LogP contribution >= 0.6 is 0 Å². The maximum Gasteiger partial charge on any atom is 0.323 e. The van der Waals surface area contributed by atoms with Crippen molar-refractivity contribution in [3.8, 4) is 11.1 Å². The fourth-order valence-electron chi connectivity index (χ4n) is 6.41. The lowest BCUT2D eigenvalue weighted by molar-refractivity contribution is -0.130. The number of anilines is 1. The first-order valence-corrected chi connectivity index (χ1v) is 15.8. The van der Waals surface area contributed by atoms with Gasteiger partial charge in [0.1, 0.15) is 6.04 Å². The Balaban J connectivity index is 1.10. The van der Waals surface area contributed by atoms with Crippen molar-refractivity contribution in [2.24, 2.45) is 17.6 Å². The number of hydrogen-bond donors (Lipinski definition) is 5. The summed E-state index contributed by atoms with van der Waals surface area (Å²) in [5.74, 6) is 1.30. The van der Waals surface area contributed by atoms with Gasteiger partial charge in [0.2, 0.25) is 11.8 Å². The highest BCUT2D eigenvalue weighted by molar-refractivity contribution is 5.98. The Hall–Kier alpha value is -4.77. The van der Waals surface area contributed by atoms with Crippen LogP contribution in [-0.4, -0.2) is 49.0 Å². The van der Waals surface area contributed by atoms with Gasteiger partial charge in [0, 0.05) is 35.7 Å². The molecule has 11 heteroatoms. The fourth-order valence-corrected chi connectivity index (χ4v) is 6.41. The summed E-state index contributed by atoms with van der Waals surface area (Å²) in [4.78, 5) is 48.9.